The van der Waals surface area contributed by atoms with Gasteiger partial charge in [-0.05, 0) is 53.0 Å². The first-order valence-electron chi connectivity index (χ1n) is 8.14. The number of nitrogens with zero attached hydrogens (tertiary/aromatic N) is 2. The first-order chi connectivity index (χ1) is 12.8. The maximum Gasteiger partial charge on any atom is 0.243 e. The molecule has 1 aromatic carbocycles. The predicted molar refractivity (Wildman–Crippen MR) is 98.4 cm³/mol. The quantitative estimate of drug-likeness (QED) is 0.761. The van der Waals surface area contributed by atoms with Crippen molar-refractivity contribution < 1.29 is 22.0 Å². The van der Waals surface area contributed by atoms with Crippen LogP contribution in [0.3, 0.4) is 0 Å². The van der Waals surface area contributed by atoms with Crippen molar-refractivity contribution in [3.05, 3.63) is 52.6 Å². The van der Waals surface area contributed by atoms with Gasteiger partial charge in [-0.15, -0.1) is 0 Å². The number of aromatic nitrogens is 1. The second-order valence-corrected chi connectivity index (χ2v) is 9.01. The number of amides is 1. The molecule has 0 spiro atoms. The van der Waals surface area contributed by atoms with Crippen LogP contribution in [0.2, 0.25) is 0 Å². The number of piperidine rings is 1. The number of hydrogen-bond donors (Lipinski definition) is 1. The van der Waals surface area contributed by atoms with Gasteiger partial charge in [0, 0.05) is 29.8 Å². The first kappa shape index (κ1) is 19.8. The topological polar surface area (TPSA) is 79.4 Å². The molecule has 0 aliphatic carbocycles. The molecule has 1 unspecified atom stereocenters. The number of hydrogen-bond acceptors (Lipinski definition) is 4. The number of sulfonamides is 1. The van der Waals surface area contributed by atoms with Gasteiger partial charge in [0.1, 0.15) is 17.5 Å². The van der Waals surface area contributed by atoms with Gasteiger partial charge in [-0.25, -0.2) is 22.2 Å². The van der Waals surface area contributed by atoms with Crippen LogP contribution in [0.5, 0.6) is 0 Å². The summed E-state index contributed by atoms with van der Waals surface area (Å²) in [6, 6.07) is 5.49. The van der Waals surface area contributed by atoms with Crippen LogP contribution in [0.15, 0.2) is 45.9 Å². The van der Waals surface area contributed by atoms with Crippen molar-refractivity contribution in [2.75, 3.05) is 18.4 Å². The number of nitrogens with one attached hydrogen (secondary N) is 1. The van der Waals surface area contributed by atoms with E-state index < -0.39 is 32.5 Å². The molecule has 144 valence electrons. The van der Waals surface area contributed by atoms with Crippen LogP contribution in [0, 0.1) is 17.6 Å². The summed E-state index contributed by atoms with van der Waals surface area (Å²) < 4.78 is 54.1. The zero-order valence-corrected chi connectivity index (χ0v) is 16.4. The standard InChI is InChI=1S/C17H16BrF2N3O3S/c18-12-3-4-16(21-9-12)22-17(24)11-2-1-5-23(10-11)27(25,26)15-7-13(19)6-14(20)8-15/h3-4,6-9,11H,1-2,5,10H2,(H,21,22,24). The molecule has 1 fully saturated rings. The van der Waals surface area contributed by atoms with E-state index in [1.54, 1.807) is 12.1 Å². The summed E-state index contributed by atoms with van der Waals surface area (Å²) in [6.45, 7) is 0.115. The zero-order valence-electron chi connectivity index (χ0n) is 14.0. The minimum absolute atomic E-state index is 0.0666. The number of rotatable bonds is 4. The van der Waals surface area contributed by atoms with E-state index >= 15 is 0 Å². The summed E-state index contributed by atoms with van der Waals surface area (Å²) in [5, 5.41) is 2.66. The lowest BCUT2D eigenvalue weighted by Gasteiger charge is -2.31. The van der Waals surface area contributed by atoms with E-state index in [-0.39, 0.29) is 19.0 Å². The highest BCUT2D eigenvalue weighted by Gasteiger charge is 2.34. The Labute approximate surface area is 163 Å². The molecular weight excluding hydrogens is 444 g/mol. The van der Waals surface area contributed by atoms with Gasteiger partial charge < -0.3 is 5.32 Å². The van der Waals surface area contributed by atoms with Crippen LogP contribution in [-0.4, -0.2) is 36.7 Å². The average molecular weight is 460 g/mol. The Morgan fingerprint density at radius 2 is 1.93 bits per heavy atom. The monoisotopic (exact) mass is 459 g/mol. The first-order valence-corrected chi connectivity index (χ1v) is 10.4. The maximum absolute atomic E-state index is 13.4. The second kappa shape index (κ2) is 7.99. The van der Waals surface area contributed by atoms with E-state index in [9.17, 15) is 22.0 Å². The van der Waals surface area contributed by atoms with Crippen LogP contribution < -0.4 is 5.32 Å². The minimum Gasteiger partial charge on any atom is -0.310 e. The van der Waals surface area contributed by atoms with Crippen molar-refractivity contribution in [1.29, 1.82) is 0 Å². The molecule has 2 aromatic rings. The lowest BCUT2D eigenvalue weighted by atomic mass is 9.99. The van der Waals surface area contributed by atoms with E-state index in [2.05, 4.69) is 26.2 Å². The average Bonchev–Trinajstić information content (AvgIpc) is 2.63. The van der Waals surface area contributed by atoms with Gasteiger partial charge in [0.05, 0.1) is 10.8 Å². The highest BCUT2D eigenvalue weighted by atomic mass is 79.9. The fourth-order valence-electron chi connectivity index (χ4n) is 2.88. The number of halogens is 3. The molecule has 0 saturated carbocycles. The SMILES string of the molecule is O=C(Nc1ccc(Br)cn1)C1CCCN(S(=O)(=O)c2cc(F)cc(F)c2)C1. The molecule has 1 atom stereocenters. The van der Waals surface area contributed by atoms with Crippen molar-refractivity contribution in [3.8, 4) is 0 Å². The molecule has 1 saturated heterocycles. The van der Waals surface area contributed by atoms with Gasteiger partial charge in [0.15, 0.2) is 0 Å². The molecule has 1 aliphatic rings. The van der Waals surface area contributed by atoms with Crippen molar-refractivity contribution >= 4 is 37.7 Å². The Hall–Kier alpha value is -1.91. The van der Waals surface area contributed by atoms with E-state index in [0.29, 0.717) is 24.7 Å². The third kappa shape index (κ3) is 4.69. The fourth-order valence-corrected chi connectivity index (χ4v) is 4.68. The summed E-state index contributed by atoms with van der Waals surface area (Å²) in [5.74, 6) is -2.52. The van der Waals surface area contributed by atoms with E-state index in [0.717, 1.165) is 20.9 Å². The van der Waals surface area contributed by atoms with Crippen LogP contribution >= 0.6 is 15.9 Å². The molecule has 1 N–H and O–H groups in total. The molecule has 3 rings (SSSR count). The second-order valence-electron chi connectivity index (χ2n) is 6.16. The molecular formula is C17H16BrF2N3O3S. The Balaban J connectivity index is 1.74. The highest BCUT2D eigenvalue weighted by molar-refractivity contribution is 9.10. The number of anilines is 1. The summed E-state index contributed by atoms with van der Waals surface area (Å²) in [5.41, 5.74) is 0. The van der Waals surface area contributed by atoms with Gasteiger partial charge in [-0.3, -0.25) is 4.79 Å². The molecule has 0 bridgehead atoms. The fraction of sp³-hybridized carbons (Fsp3) is 0.294. The summed E-state index contributed by atoms with van der Waals surface area (Å²) in [6.07, 6.45) is 2.50. The van der Waals surface area contributed by atoms with Gasteiger partial charge in [0.25, 0.3) is 0 Å². The molecule has 2 heterocycles. The largest absolute Gasteiger partial charge is 0.310 e. The molecule has 0 radical (unpaired) electrons. The molecule has 1 aromatic heterocycles. The third-order valence-electron chi connectivity index (χ3n) is 4.21. The van der Waals surface area contributed by atoms with Crippen molar-refractivity contribution in [2.24, 2.45) is 5.92 Å². The number of benzene rings is 1. The summed E-state index contributed by atoms with van der Waals surface area (Å²) >= 11 is 3.25. The van der Waals surface area contributed by atoms with E-state index in [1.165, 1.54) is 6.20 Å². The predicted octanol–water partition coefficient (Wildman–Crippen LogP) is 3.16. The van der Waals surface area contributed by atoms with Gasteiger partial charge >= 0.3 is 0 Å². The maximum atomic E-state index is 13.4. The molecule has 6 nitrogen and oxygen atoms in total. The number of carbonyl (C=O) groups excluding carboxylic acids is 1. The smallest absolute Gasteiger partial charge is 0.243 e. The third-order valence-corrected chi connectivity index (χ3v) is 6.52. The minimum atomic E-state index is -4.10. The molecule has 27 heavy (non-hydrogen) atoms. The Morgan fingerprint density at radius 1 is 1.22 bits per heavy atom. The molecule has 10 heteroatoms. The summed E-state index contributed by atoms with van der Waals surface area (Å²) in [7, 11) is -4.10. The number of pyridine rings is 1. The Kier molecular flexibility index (Phi) is 5.87. The van der Waals surface area contributed by atoms with Gasteiger partial charge in [-0.2, -0.15) is 4.31 Å². The van der Waals surface area contributed by atoms with Crippen LogP contribution in [0.4, 0.5) is 14.6 Å². The van der Waals surface area contributed by atoms with Crippen molar-refractivity contribution in [1.82, 2.24) is 9.29 Å². The Bertz CT molecular complexity index is 934. The summed E-state index contributed by atoms with van der Waals surface area (Å²) in [4.78, 5) is 16.1. The van der Waals surface area contributed by atoms with Crippen molar-refractivity contribution in [2.45, 2.75) is 17.7 Å². The highest BCUT2D eigenvalue weighted by Crippen LogP contribution is 2.25. The molecule has 1 amide bonds. The normalized spacial score (nSPS) is 18.3. The van der Waals surface area contributed by atoms with E-state index in [1.807, 2.05) is 0 Å². The lowest BCUT2D eigenvalue weighted by Crippen LogP contribution is -2.43. The van der Waals surface area contributed by atoms with E-state index in [4.69, 9.17) is 0 Å². The lowest BCUT2D eigenvalue weighted by molar-refractivity contribution is -0.120. The Morgan fingerprint density at radius 3 is 2.56 bits per heavy atom. The zero-order chi connectivity index (χ0) is 19.6. The van der Waals surface area contributed by atoms with Gasteiger partial charge in [0.2, 0.25) is 15.9 Å². The van der Waals surface area contributed by atoms with Crippen molar-refractivity contribution in [3.63, 3.8) is 0 Å². The number of carbonyl (C=O) groups is 1. The van der Waals surface area contributed by atoms with Crippen LogP contribution in [0.25, 0.3) is 0 Å². The van der Waals surface area contributed by atoms with Gasteiger partial charge in [-0.1, -0.05) is 0 Å². The molecule has 1 aliphatic heterocycles. The van der Waals surface area contributed by atoms with Crippen LogP contribution in [-0.2, 0) is 14.8 Å². The van der Waals surface area contributed by atoms with Crippen LogP contribution in [0.1, 0.15) is 12.8 Å².